The standard InChI is InChI=1S/C14H14N4O3/c15-11-3-1-2-4-12(11)18(6-5-13(19)20)14(21)10-7-16-9-17-8-10/h1-4,7-9H,5-6,15H2,(H,19,20). The van der Waals surface area contributed by atoms with Crippen LogP contribution in [0.25, 0.3) is 0 Å². The summed E-state index contributed by atoms with van der Waals surface area (Å²) >= 11 is 0. The van der Waals surface area contributed by atoms with Crippen molar-refractivity contribution in [3.05, 3.63) is 48.5 Å². The first-order chi connectivity index (χ1) is 10.1. The number of nitrogens with two attached hydrogens (primary N) is 1. The van der Waals surface area contributed by atoms with E-state index in [0.717, 1.165) is 0 Å². The number of rotatable bonds is 5. The van der Waals surface area contributed by atoms with Crippen molar-refractivity contribution in [2.75, 3.05) is 17.2 Å². The Labute approximate surface area is 121 Å². The predicted octanol–water partition coefficient (Wildman–Crippen LogP) is 1.18. The summed E-state index contributed by atoms with van der Waals surface area (Å²) in [5.74, 6) is -1.39. The minimum atomic E-state index is -0.994. The number of nitrogen functional groups attached to an aromatic ring is 1. The fourth-order valence-electron chi connectivity index (χ4n) is 1.84. The lowest BCUT2D eigenvalue weighted by Gasteiger charge is -2.23. The van der Waals surface area contributed by atoms with Crippen molar-refractivity contribution in [2.45, 2.75) is 6.42 Å². The summed E-state index contributed by atoms with van der Waals surface area (Å²) in [6.07, 6.45) is 3.88. The first kappa shape index (κ1) is 14.4. The van der Waals surface area contributed by atoms with Crippen LogP contribution in [0.3, 0.4) is 0 Å². The van der Waals surface area contributed by atoms with Gasteiger partial charge in [0.1, 0.15) is 6.33 Å². The highest BCUT2D eigenvalue weighted by Gasteiger charge is 2.20. The number of para-hydroxylation sites is 2. The van der Waals surface area contributed by atoms with E-state index in [-0.39, 0.29) is 18.5 Å². The molecule has 7 nitrogen and oxygen atoms in total. The van der Waals surface area contributed by atoms with Crippen molar-refractivity contribution in [2.24, 2.45) is 0 Å². The lowest BCUT2D eigenvalue weighted by atomic mass is 10.2. The van der Waals surface area contributed by atoms with E-state index in [9.17, 15) is 9.59 Å². The third kappa shape index (κ3) is 3.53. The van der Waals surface area contributed by atoms with Crippen LogP contribution in [0, 0.1) is 0 Å². The molecule has 1 heterocycles. The summed E-state index contributed by atoms with van der Waals surface area (Å²) in [6, 6.07) is 6.79. The van der Waals surface area contributed by atoms with Gasteiger partial charge in [0.15, 0.2) is 0 Å². The number of aromatic nitrogens is 2. The Bertz CT molecular complexity index is 646. The van der Waals surface area contributed by atoms with Gasteiger partial charge in [0, 0.05) is 18.9 Å². The molecule has 0 saturated heterocycles. The van der Waals surface area contributed by atoms with E-state index in [1.165, 1.54) is 23.6 Å². The average Bonchev–Trinajstić information content (AvgIpc) is 2.49. The summed E-state index contributed by atoms with van der Waals surface area (Å²) in [4.78, 5) is 32.2. The molecular weight excluding hydrogens is 272 g/mol. The van der Waals surface area contributed by atoms with E-state index in [2.05, 4.69) is 9.97 Å². The van der Waals surface area contributed by atoms with E-state index in [1.807, 2.05) is 0 Å². The molecule has 0 unspecified atom stereocenters. The van der Waals surface area contributed by atoms with Gasteiger partial charge in [-0.15, -0.1) is 0 Å². The number of amides is 1. The Morgan fingerprint density at radius 1 is 1.19 bits per heavy atom. The van der Waals surface area contributed by atoms with Gasteiger partial charge < -0.3 is 15.7 Å². The highest BCUT2D eigenvalue weighted by molar-refractivity contribution is 6.07. The van der Waals surface area contributed by atoms with Crippen molar-refractivity contribution in [1.82, 2.24) is 9.97 Å². The molecule has 0 spiro atoms. The number of carbonyl (C=O) groups is 2. The molecule has 108 valence electrons. The largest absolute Gasteiger partial charge is 0.481 e. The minimum Gasteiger partial charge on any atom is -0.481 e. The molecule has 2 aromatic rings. The Balaban J connectivity index is 2.34. The SMILES string of the molecule is Nc1ccccc1N(CCC(=O)O)C(=O)c1cncnc1. The molecule has 0 aliphatic rings. The molecule has 1 aromatic heterocycles. The van der Waals surface area contributed by atoms with E-state index in [4.69, 9.17) is 10.8 Å². The van der Waals surface area contributed by atoms with Gasteiger partial charge in [-0.25, -0.2) is 9.97 Å². The number of carboxylic acid groups (broad SMARTS) is 1. The van der Waals surface area contributed by atoms with Gasteiger partial charge in [0.2, 0.25) is 0 Å². The van der Waals surface area contributed by atoms with Gasteiger partial charge in [-0.3, -0.25) is 9.59 Å². The van der Waals surface area contributed by atoms with Crippen molar-refractivity contribution >= 4 is 23.3 Å². The first-order valence-electron chi connectivity index (χ1n) is 6.23. The van der Waals surface area contributed by atoms with Crippen LogP contribution < -0.4 is 10.6 Å². The molecule has 0 aliphatic carbocycles. The number of benzene rings is 1. The molecule has 0 bridgehead atoms. The van der Waals surface area contributed by atoms with E-state index in [0.29, 0.717) is 11.4 Å². The Kier molecular flexibility index (Phi) is 4.45. The summed E-state index contributed by atoms with van der Waals surface area (Å²) in [5, 5.41) is 8.84. The van der Waals surface area contributed by atoms with E-state index >= 15 is 0 Å². The Morgan fingerprint density at radius 2 is 1.86 bits per heavy atom. The molecule has 0 atom stereocenters. The number of hydrogen-bond acceptors (Lipinski definition) is 5. The Morgan fingerprint density at radius 3 is 2.48 bits per heavy atom. The van der Waals surface area contributed by atoms with Crippen molar-refractivity contribution in [3.8, 4) is 0 Å². The second-order valence-corrected chi connectivity index (χ2v) is 4.29. The maximum absolute atomic E-state index is 12.5. The molecule has 3 N–H and O–H groups in total. The van der Waals surface area contributed by atoms with Crippen LogP contribution in [0.2, 0.25) is 0 Å². The van der Waals surface area contributed by atoms with Crippen LogP contribution in [0.5, 0.6) is 0 Å². The zero-order chi connectivity index (χ0) is 15.2. The van der Waals surface area contributed by atoms with Crippen molar-refractivity contribution < 1.29 is 14.7 Å². The fourth-order valence-corrected chi connectivity index (χ4v) is 1.84. The number of hydrogen-bond donors (Lipinski definition) is 2. The van der Waals surface area contributed by atoms with Crippen LogP contribution >= 0.6 is 0 Å². The maximum atomic E-state index is 12.5. The van der Waals surface area contributed by atoms with Gasteiger partial charge in [0.05, 0.1) is 23.4 Å². The zero-order valence-corrected chi connectivity index (χ0v) is 11.1. The second kappa shape index (κ2) is 6.47. The second-order valence-electron chi connectivity index (χ2n) is 4.29. The summed E-state index contributed by atoms with van der Waals surface area (Å²) in [7, 11) is 0. The van der Waals surface area contributed by atoms with Crippen LogP contribution in [0.4, 0.5) is 11.4 Å². The molecule has 0 aliphatic heterocycles. The van der Waals surface area contributed by atoms with Gasteiger partial charge in [-0.05, 0) is 12.1 Å². The summed E-state index contributed by atoms with van der Waals surface area (Å²) in [6.45, 7) is 0.0112. The minimum absolute atomic E-state index is 0.0112. The average molecular weight is 286 g/mol. The van der Waals surface area contributed by atoms with E-state index < -0.39 is 11.9 Å². The Hall–Kier alpha value is -2.96. The molecule has 0 saturated carbocycles. The smallest absolute Gasteiger partial charge is 0.305 e. The number of carboxylic acids is 1. The third-order valence-corrected chi connectivity index (χ3v) is 2.83. The number of nitrogens with zero attached hydrogens (tertiary/aromatic N) is 3. The van der Waals surface area contributed by atoms with Gasteiger partial charge in [-0.1, -0.05) is 12.1 Å². The molecule has 0 fully saturated rings. The lowest BCUT2D eigenvalue weighted by molar-refractivity contribution is -0.136. The molecule has 1 amide bonds. The highest BCUT2D eigenvalue weighted by Crippen LogP contribution is 2.24. The fraction of sp³-hybridized carbons (Fsp3) is 0.143. The highest BCUT2D eigenvalue weighted by atomic mass is 16.4. The molecule has 7 heteroatoms. The third-order valence-electron chi connectivity index (χ3n) is 2.83. The monoisotopic (exact) mass is 286 g/mol. The normalized spacial score (nSPS) is 10.1. The molecule has 0 radical (unpaired) electrons. The van der Waals surface area contributed by atoms with Crippen LogP contribution in [-0.2, 0) is 4.79 Å². The van der Waals surface area contributed by atoms with Gasteiger partial charge in [0.25, 0.3) is 5.91 Å². The molecular formula is C14H14N4O3. The number of anilines is 2. The van der Waals surface area contributed by atoms with E-state index in [1.54, 1.807) is 24.3 Å². The summed E-state index contributed by atoms with van der Waals surface area (Å²) < 4.78 is 0. The zero-order valence-electron chi connectivity index (χ0n) is 11.1. The maximum Gasteiger partial charge on any atom is 0.305 e. The van der Waals surface area contributed by atoms with Crippen molar-refractivity contribution in [3.63, 3.8) is 0 Å². The number of aliphatic carboxylic acids is 1. The van der Waals surface area contributed by atoms with Crippen molar-refractivity contribution in [1.29, 1.82) is 0 Å². The summed E-state index contributed by atoms with van der Waals surface area (Å²) in [5.41, 5.74) is 7.00. The predicted molar refractivity (Wildman–Crippen MR) is 76.8 cm³/mol. The molecule has 21 heavy (non-hydrogen) atoms. The van der Waals surface area contributed by atoms with Gasteiger partial charge in [-0.2, -0.15) is 0 Å². The van der Waals surface area contributed by atoms with Crippen LogP contribution in [0.1, 0.15) is 16.8 Å². The molecule has 2 rings (SSSR count). The van der Waals surface area contributed by atoms with Crippen LogP contribution in [-0.4, -0.2) is 33.5 Å². The van der Waals surface area contributed by atoms with Gasteiger partial charge >= 0.3 is 5.97 Å². The van der Waals surface area contributed by atoms with Crippen LogP contribution in [0.15, 0.2) is 43.0 Å². The first-order valence-corrected chi connectivity index (χ1v) is 6.23. The number of carbonyl (C=O) groups excluding carboxylic acids is 1. The topological polar surface area (TPSA) is 109 Å². The quantitative estimate of drug-likeness (QED) is 0.799. The molecule has 1 aromatic carbocycles. The lowest BCUT2D eigenvalue weighted by Crippen LogP contribution is -2.33.